The first-order chi connectivity index (χ1) is 21.4. The number of methoxy groups -OCH3 is 1. The minimum absolute atomic E-state index is 0.0679. The molecule has 4 saturated carbocycles. The van der Waals surface area contributed by atoms with Gasteiger partial charge in [-0.2, -0.15) is 0 Å². The van der Waals surface area contributed by atoms with Crippen LogP contribution < -0.4 is 5.73 Å². The minimum atomic E-state index is -2.13. The number of aliphatic hydroxyl groups is 9. The highest BCUT2D eigenvalue weighted by atomic mass is 16.6. The van der Waals surface area contributed by atoms with Gasteiger partial charge in [0, 0.05) is 49.4 Å². The van der Waals surface area contributed by atoms with Crippen LogP contribution in [0.1, 0.15) is 70.6 Å². The lowest BCUT2D eigenvalue weighted by Crippen LogP contribution is -2.71. The van der Waals surface area contributed by atoms with Gasteiger partial charge in [0.25, 0.3) is 0 Å². The first-order valence-corrected chi connectivity index (χ1v) is 17.2. The van der Waals surface area contributed by atoms with Crippen LogP contribution in [0.25, 0.3) is 0 Å². The van der Waals surface area contributed by atoms with E-state index in [9.17, 15) is 46.0 Å². The van der Waals surface area contributed by atoms with Gasteiger partial charge >= 0.3 is 0 Å². The fourth-order valence-corrected chi connectivity index (χ4v) is 11.2. The predicted molar refractivity (Wildman–Crippen MR) is 160 cm³/mol. The number of hydrogen-bond acceptors (Lipinski definition) is 12. The second-order valence-electron chi connectivity index (χ2n) is 15.4. The van der Waals surface area contributed by atoms with Crippen molar-refractivity contribution < 1.29 is 55.4 Å². The van der Waals surface area contributed by atoms with Crippen molar-refractivity contribution in [3.63, 3.8) is 0 Å². The van der Waals surface area contributed by atoms with Crippen LogP contribution in [0.15, 0.2) is 11.3 Å². The Labute approximate surface area is 264 Å². The molecule has 1 saturated heterocycles. The Morgan fingerprint density at radius 1 is 0.933 bits per heavy atom. The van der Waals surface area contributed by atoms with Gasteiger partial charge < -0.3 is 61.2 Å². The summed E-state index contributed by atoms with van der Waals surface area (Å²) in [6.07, 6.45) is -1.94. The number of aliphatic hydroxyl groups excluding tert-OH is 8. The second kappa shape index (κ2) is 13.2. The zero-order chi connectivity index (χ0) is 32.4. The third-order valence-electron chi connectivity index (χ3n) is 13.2. The Hall–Kier alpha value is -0.900. The van der Waals surface area contributed by atoms with Crippen molar-refractivity contribution in [2.24, 2.45) is 59.0 Å². The highest BCUT2D eigenvalue weighted by Gasteiger charge is 2.65. The normalized spacial score (nSPS) is 50.7. The Morgan fingerprint density at radius 2 is 1.69 bits per heavy atom. The van der Waals surface area contributed by atoms with E-state index in [0.717, 1.165) is 38.5 Å². The topological polar surface area (TPSA) is 227 Å². The summed E-state index contributed by atoms with van der Waals surface area (Å²) in [5, 5.41) is 100. The van der Waals surface area contributed by atoms with Crippen LogP contribution in [0.5, 0.6) is 0 Å². The lowest BCUT2D eigenvalue weighted by molar-refractivity contribution is -0.262. The van der Waals surface area contributed by atoms with Gasteiger partial charge in [0.2, 0.25) is 0 Å². The molecule has 258 valence electrons. The lowest BCUT2D eigenvalue weighted by atomic mass is 9.47. The van der Waals surface area contributed by atoms with Gasteiger partial charge in [-0.3, -0.25) is 0 Å². The molecule has 6 aliphatic rings. The summed E-state index contributed by atoms with van der Waals surface area (Å²) in [4.78, 5) is 0. The van der Waals surface area contributed by atoms with Crippen LogP contribution in [0.4, 0.5) is 0 Å². The van der Waals surface area contributed by atoms with E-state index in [1.165, 1.54) is 7.11 Å². The maximum Gasteiger partial charge on any atom is 0.156 e. The van der Waals surface area contributed by atoms with E-state index < -0.39 is 66.4 Å². The van der Waals surface area contributed by atoms with Crippen molar-refractivity contribution in [2.75, 3.05) is 13.7 Å². The average Bonchev–Trinajstić information content (AvgIpc) is 3.54. The summed E-state index contributed by atoms with van der Waals surface area (Å²) < 4.78 is 11.1. The molecule has 5 aliphatic carbocycles. The Bertz CT molecular complexity index is 1070. The molecule has 0 spiro atoms. The maximum absolute atomic E-state index is 11.9. The molecule has 0 aromatic heterocycles. The number of hydrogen-bond donors (Lipinski definition) is 10. The van der Waals surface area contributed by atoms with Crippen LogP contribution in [-0.4, -0.2) is 114 Å². The molecule has 0 aromatic carbocycles. The van der Waals surface area contributed by atoms with Gasteiger partial charge in [0.05, 0.1) is 36.3 Å². The molecular formula is C33H55NO11. The molecular weight excluding hydrogens is 586 g/mol. The first kappa shape index (κ1) is 34.0. The van der Waals surface area contributed by atoms with Crippen LogP contribution in [0.2, 0.25) is 0 Å². The monoisotopic (exact) mass is 641 g/mol. The first-order valence-electron chi connectivity index (χ1n) is 17.2. The largest absolute Gasteiger partial charge is 0.512 e. The van der Waals surface area contributed by atoms with Crippen molar-refractivity contribution in [3.05, 3.63) is 11.3 Å². The molecule has 0 radical (unpaired) electrons. The second-order valence-corrected chi connectivity index (χ2v) is 15.4. The minimum Gasteiger partial charge on any atom is -0.512 e. The lowest BCUT2D eigenvalue weighted by Gasteiger charge is -2.61. The predicted octanol–water partition coefficient (Wildman–Crippen LogP) is -0.120. The van der Waals surface area contributed by atoms with E-state index in [2.05, 4.69) is 0 Å². The third kappa shape index (κ3) is 5.90. The molecule has 12 nitrogen and oxygen atoms in total. The fourth-order valence-electron chi connectivity index (χ4n) is 11.2. The van der Waals surface area contributed by atoms with Gasteiger partial charge in [0.15, 0.2) is 6.29 Å². The van der Waals surface area contributed by atoms with Gasteiger partial charge in [-0.1, -0.05) is 0 Å². The maximum atomic E-state index is 11.9. The molecule has 0 aromatic rings. The standard InChI is InChI=1S/C33H55NO11/c1-44-32(42)17-8-14(9-22(36)24-3-2-6-45-24)7-15(10-17)19-4-5-21(35)26-20(19)12-16-11-18-13-23(37)27(31(34)41)30(40)33(18,43)29(39)25(16)28(26)38/h14-22,24-26,28-32,35-43H,2-13,34H2,1H3/t14?,15?,16?,17?,18-,19?,20?,21?,22?,24?,25?,26?,28?,29?,30?,31?,32?,33-/m0/s1. The van der Waals surface area contributed by atoms with E-state index in [-0.39, 0.29) is 59.4 Å². The Balaban J connectivity index is 1.25. The summed E-state index contributed by atoms with van der Waals surface area (Å²) in [5.74, 6) is -2.36. The summed E-state index contributed by atoms with van der Waals surface area (Å²) in [7, 11) is 1.50. The summed E-state index contributed by atoms with van der Waals surface area (Å²) >= 11 is 0. The molecule has 12 heteroatoms. The van der Waals surface area contributed by atoms with E-state index in [4.69, 9.17) is 15.2 Å². The van der Waals surface area contributed by atoms with Crippen molar-refractivity contribution in [2.45, 2.75) is 125 Å². The Kier molecular flexibility index (Phi) is 9.96. The number of ether oxygens (including phenoxy) is 2. The molecule has 5 fully saturated rings. The summed E-state index contributed by atoms with van der Waals surface area (Å²) in [6, 6.07) is 0. The molecule has 0 bridgehead atoms. The van der Waals surface area contributed by atoms with Crippen LogP contribution in [-0.2, 0) is 9.47 Å². The smallest absolute Gasteiger partial charge is 0.156 e. The Morgan fingerprint density at radius 3 is 2.36 bits per heavy atom. The highest BCUT2D eigenvalue weighted by Crippen LogP contribution is 2.60. The molecule has 18 atom stereocenters. The highest BCUT2D eigenvalue weighted by molar-refractivity contribution is 5.30. The van der Waals surface area contributed by atoms with E-state index in [1.807, 2.05) is 0 Å². The molecule has 1 heterocycles. The van der Waals surface area contributed by atoms with Gasteiger partial charge in [-0.25, -0.2) is 0 Å². The van der Waals surface area contributed by atoms with E-state index in [0.29, 0.717) is 32.3 Å². The number of nitrogens with two attached hydrogens (primary N) is 1. The zero-order valence-corrected chi connectivity index (χ0v) is 26.2. The number of fused-ring (bicyclic) bond motifs is 3. The van der Waals surface area contributed by atoms with E-state index in [1.54, 1.807) is 0 Å². The molecule has 16 unspecified atom stereocenters. The number of allylic oxidation sites excluding steroid dienone is 1. The van der Waals surface area contributed by atoms with Crippen molar-refractivity contribution in [1.82, 2.24) is 0 Å². The van der Waals surface area contributed by atoms with Gasteiger partial charge in [0.1, 0.15) is 17.9 Å². The molecule has 1 aliphatic heterocycles. The van der Waals surface area contributed by atoms with Gasteiger partial charge in [-0.15, -0.1) is 0 Å². The molecule has 45 heavy (non-hydrogen) atoms. The van der Waals surface area contributed by atoms with Crippen molar-refractivity contribution in [3.8, 4) is 0 Å². The molecule has 0 amide bonds. The van der Waals surface area contributed by atoms with Gasteiger partial charge in [-0.05, 0) is 93.8 Å². The number of rotatable bonds is 7. The average molecular weight is 642 g/mol. The third-order valence-corrected chi connectivity index (χ3v) is 13.2. The SMILES string of the molecule is COC(O)C1CC(CC(O)C2CCCO2)CC(C2CCC(O)C3C(O)C4C(CC23)C[C@H]2CC(O)=C(C(N)O)C(O)[C@@]2(O)C4O)C1. The summed E-state index contributed by atoms with van der Waals surface area (Å²) in [5.41, 5.74) is 3.14. The quantitative estimate of drug-likeness (QED) is 0.164. The summed E-state index contributed by atoms with van der Waals surface area (Å²) in [6.45, 7) is 0.663. The van der Waals surface area contributed by atoms with Crippen molar-refractivity contribution in [1.29, 1.82) is 0 Å². The fraction of sp³-hybridized carbons (Fsp3) is 0.939. The van der Waals surface area contributed by atoms with Crippen LogP contribution in [0, 0.1) is 53.3 Å². The van der Waals surface area contributed by atoms with Crippen molar-refractivity contribution >= 4 is 0 Å². The zero-order valence-electron chi connectivity index (χ0n) is 26.2. The van der Waals surface area contributed by atoms with Crippen LogP contribution >= 0.6 is 0 Å². The van der Waals surface area contributed by atoms with Crippen LogP contribution in [0.3, 0.4) is 0 Å². The molecule has 11 N–H and O–H groups in total. The van der Waals surface area contributed by atoms with E-state index >= 15 is 0 Å². The molecule has 6 rings (SSSR count).